The summed E-state index contributed by atoms with van der Waals surface area (Å²) in [6.45, 7) is -2.08. The molecule has 0 bridgehead atoms. The Hall–Kier alpha value is -4.62. The van der Waals surface area contributed by atoms with Gasteiger partial charge in [-0.15, -0.1) is 0 Å². The van der Waals surface area contributed by atoms with Gasteiger partial charge >= 0.3 is 18.4 Å². The van der Waals surface area contributed by atoms with Gasteiger partial charge < -0.3 is 15.2 Å². The van der Waals surface area contributed by atoms with E-state index in [2.05, 4.69) is 9.72 Å². The van der Waals surface area contributed by atoms with Gasteiger partial charge in [-0.05, 0) is 48.2 Å². The van der Waals surface area contributed by atoms with Crippen LogP contribution in [0, 0.1) is 0 Å². The molecule has 1 saturated carbocycles. The lowest BCUT2D eigenvalue weighted by Crippen LogP contribution is -2.22. The van der Waals surface area contributed by atoms with Crippen LogP contribution in [0.5, 0.6) is 5.75 Å². The van der Waals surface area contributed by atoms with Crippen LogP contribution in [0.2, 0.25) is 0 Å². The summed E-state index contributed by atoms with van der Waals surface area (Å²) in [5.74, 6) is -2.73. The van der Waals surface area contributed by atoms with Crippen molar-refractivity contribution in [2.45, 2.75) is 50.4 Å². The van der Waals surface area contributed by atoms with E-state index in [0.29, 0.717) is 17.5 Å². The number of rotatable bonds is 9. The minimum atomic E-state index is -5.23. The summed E-state index contributed by atoms with van der Waals surface area (Å²) in [6.07, 6.45) is -6.80. The fourth-order valence-electron chi connectivity index (χ4n) is 4.79. The molecule has 3 N–H and O–H groups in total. The number of nitrogens with one attached hydrogen (secondary N) is 2. The summed E-state index contributed by atoms with van der Waals surface area (Å²) >= 11 is 0. The standard InChI is InChI=1S/C29H25F6N3O5/c30-28(31,32)15-43-25-13-23(38-27(41)42)22(12-20(25)29(33,34)35)37-26(40)14-24(39)19-7-3-6-17(10-19)18-8-9-36-21(11-18)16-4-1-2-5-16/h3,6-13,16,38H,1-2,4-5,14-15H2,(H,37,40)(H,41,42). The molecule has 43 heavy (non-hydrogen) atoms. The molecule has 3 aromatic rings. The normalized spacial score (nSPS) is 13.9. The fourth-order valence-corrected chi connectivity index (χ4v) is 4.79. The van der Waals surface area contributed by atoms with Crippen LogP contribution < -0.4 is 15.4 Å². The zero-order valence-electron chi connectivity index (χ0n) is 22.3. The number of Topliss-reactive ketones (excluding diaryl/α,β-unsaturated/α-hetero) is 1. The Morgan fingerprint density at radius 2 is 1.58 bits per heavy atom. The first kappa shape index (κ1) is 31.3. The number of nitrogens with zero attached hydrogens (tertiary/aromatic N) is 1. The highest BCUT2D eigenvalue weighted by Crippen LogP contribution is 2.42. The van der Waals surface area contributed by atoms with Gasteiger partial charge in [-0.2, -0.15) is 26.3 Å². The fraction of sp³-hybridized carbons (Fsp3) is 0.310. The molecule has 0 unspecified atom stereocenters. The molecule has 0 radical (unpaired) electrons. The molecule has 1 fully saturated rings. The highest BCUT2D eigenvalue weighted by atomic mass is 19.4. The van der Waals surface area contributed by atoms with Crippen LogP contribution in [0.4, 0.5) is 42.5 Å². The Kier molecular flexibility index (Phi) is 9.26. The van der Waals surface area contributed by atoms with Crippen LogP contribution in [0.25, 0.3) is 11.1 Å². The topological polar surface area (TPSA) is 118 Å². The van der Waals surface area contributed by atoms with Crippen molar-refractivity contribution in [1.82, 2.24) is 4.98 Å². The number of carbonyl (C=O) groups is 3. The molecule has 0 saturated heterocycles. The predicted octanol–water partition coefficient (Wildman–Crippen LogP) is 7.67. The van der Waals surface area contributed by atoms with Crippen molar-refractivity contribution in [3.8, 4) is 16.9 Å². The quantitative estimate of drug-likeness (QED) is 0.130. The zero-order valence-corrected chi connectivity index (χ0v) is 22.3. The van der Waals surface area contributed by atoms with E-state index in [0.717, 1.165) is 36.9 Å². The third kappa shape index (κ3) is 8.46. The first-order valence-corrected chi connectivity index (χ1v) is 13.0. The smallest absolute Gasteiger partial charge is 0.422 e. The van der Waals surface area contributed by atoms with Crippen molar-refractivity contribution >= 4 is 29.2 Å². The third-order valence-electron chi connectivity index (χ3n) is 6.73. The van der Waals surface area contributed by atoms with Crippen LogP contribution in [0.3, 0.4) is 0 Å². The summed E-state index contributed by atoms with van der Waals surface area (Å²) in [7, 11) is 0. The van der Waals surface area contributed by atoms with Crippen molar-refractivity contribution in [2.75, 3.05) is 17.2 Å². The van der Waals surface area contributed by atoms with Gasteiger partial charge in [-0.1, -0.05) is 31.0 Å². The lowest BCUT2D eigenvalue weighted by atomic mass is 9.97. The van der Waals surface area contributed by atoms with E-state index in [-0.39, 0.29) is 11.6 Å². The molecule has 1 aliphatic rings. The van der Waals surface area contributed by atoms with Gasteiger partial charge in [0.1, 0.15) is 5.75 Å². The molecule has 0 spiro atoms. The van der Waals surface area contributed by atoms with E-state index in [9.17, 15) is 40.7 Å². The summed E-state index contributed by atoms with van der Waals surface area (Å²) in [4.78, 5) is 41.3. The number of amides is 2. The Morgan fingerprint density at radius 1 is 0.907 bits per heavy atom. The molecule has 1 aromatic heterocycles. The van der Waals surface area contributed by atoms with Gasteiger partial charge in [-0.3, -0.25) is 19.9 Å². The molecular formula is C29H25F6N3O5. The number of halogens is 6. The summed E-state index contributed by atoms with van der Waals surface area (Å²) in [6, 6.07) is 10.7. The monoisotopic (exact) mass is 609 g/mol. The number of ether oxygens (including phenoxy) is 1. The highest BCUT2D eigenvalue weighted by Gasteiger charge is 2.37. The van der Waals surface area contributed by atoms with Crippen molar-refractivity contribution in [1.29, 1.82) is 0 Å². The van der Waals surface area contributed by atoms with Crippen LogP contribution in [-0.4, -0.2) is 40.7 Å². The minimum Gasteiger partial charge on any atom is -0.483 e. The third-order valence-corrected chi connectivity index (χ3v) is 6.73. The number of pyridine rings is 1. The molecule has 4 rings (SSSR count). The van der Waals surface area contributed by atoms with Crippen LogP contribution in [-0.2, 0) is 11.0 Å². The Bertz CT molecular complexity index is 1520. The van der Waals surface area contributed by atoms with Crippen LogP contribution in [0.1, 0.15) is 59.6 Å². The van der Waals surface area contributed by atoms with Crippen LogP contribution >= 0.6 is 0 Å². The highest BCUT2D eigenvalue weighted by molar-refractivity contribution is 6.12. The number of hydrogen-bond acceptors (Lipinski definition) is 5. The molecule has 1 aliphatic carbocycles. The Labute approximate surface area is 241 Å². The molecule has 14 heteroatoms. The second kappa shape index (κ2) is 12.7. The number of ketones is 1. The lowest BCUT2D eigenvalue weighted by Gasteiger charge is -2.19. The number of carbonyl (C=O) groups excluding carboxylic acids is 2. The number of benzene rings is 2. The predicted molar refractivity (Wildman–Crippen MR) is 143 cm³/mol. The van der Waals surface area contributed by atoms with Gasteiger partial charge in [-0.25, -0.2) is 4.79 Å². The van der Waals surface area contributed by atoms with E-state index in [1.54, 1.807) is 35.8 Å². The number of aromatic nitrogens is 1. The maximum atomic E-state index is 13.6. The van der Waals surface area contributed by atoms with Crippen molar-refractivity contribution in [3.63, 3.8) is 0 Å². The van der Waals surface area contributed by atoms with E-state index < -0.39 is 65.9 Å². The minimum absolute atomic E-state index is 0.141. The van der Waals surface area contributed by atoms with Gasteiger partial charge in [0.15, 0.2) is 12.4 Å². The van der Waals surface area contributed by atoms with Crippen molar-refractivity contribution < 1.29 is 50.6 Å². The largest absolute Gasteiger partial charge is 0.483 e. The molecule has 1 heterocycles. The van der Waals surface area contributed by atoms with Gasteiger partial charge in [0.2, 0.25) is 5.91 Å². The zero-order chi connectivity index (χ0) is 31.4. The maximum absolute atomic E-state index is 13.6. The van der Waals surface area contributed by atoms with E-state index in [4.69, 9.17) is 5.11 Å². The average Bonchev–Trinajstić information content (AvgIpc) is 3.47. The maximum Gasteiger partial charge on any atom is 0.422 e. The molecule has 0 atom stereocenters. The summed E-state index contributed by atoms with van der Waals surface area (Å²) in [5, 5.41) is 12.8. The molecule has 8 nitrogen and oxygen atoms in total. The first-order chi connectivity index (χ1) is 20.2. The lowest BCUT2D eigenvalue weighted by molar-refractivity contribution is -0.158. The number of hydrogen-bond donors (Lipinski definition) is 3. The number of alkyl halides is 6. The van der Waals surface area contributed by atoms with Gasteiger partial charge in [0.25, 0.3) is 0 Å². The summed E-state index contributed by atoms with van der Waals surface area (Å²) < 4.78 is 82.9. The molecule has 0 aliphatic heterocycles. The number of anilines is 2. The molecule has 2 aromatic carbocycles. The van der Waals surface area contributed by atoms with E-state index in [1.165, 1.54) is 6.07 Å². The first-order valence-electron chi connectivity index (χ1n) is 13.0. The average molecular weight is 610 g/mol. The van der Waals surface area contributed by atoms with Crippen molar-refractivity contribution in [2.24, 2.45) is 0 Å². The Morgan fingerprint density at radius 3 is 2.23 bits per heavy atom. The van der Waals surface area contributed by atoms with Crippen molar-refractivity contribution in [3.05, 3.63) is 71.5 Å². The second-order valence-corrected chi connectivity index (χ2v) is 9.91. The molecule has 228 valence electrons. The van der Waals surface area contributed by atoms with Gasteiger partial charge in [0.05, 0.1) is 23.4 Å². The van der Waals surface area contributed by atoms with E-state index in [1.807, 2.05) is 11.4 Å². The Balaban J connectivity index is 1.54. The molecule has 2 amide bonds. The summed E-state index contributed by atoms with van der Waals surface area (Å²) in [5.41, 5.74) is -0.546. The second-order valence-electron chi connectivity index (χ2n) is 9.91. The SMILES string of the molecule is O=C(O)Nc1cc(OCC(F)(F)F)c(C(F)(F)F)cc1NC(=O)CC(=O)c1cccc(-c2ccnc(C3CCCC3)c2)c1. The van der Waals surface area contributed by atoms with Gasteiger partial charge in [0, 0.05) is 29.4 Å². The molecular weight excluding hydrogens is 584 g/mol. The number of carboxylic acid groups (broad SMARTS) is 1. The van der Waals surface area contributed by atoms with Crippen LogP contribution in [0.15, 0.2) is 54.7 Å². The van der Waals surface area contributed by atoms with E-state index >= 15 is 0 Å².